The van der Waals surface area contributed by atoms with Gasteiger partial charge in [-0.2, -0.15) is 0 Å². The van der Waals surface area contributed by atoms with Gasteiger partial charge in [0.2, 0.25) is 11.0 Å². The van der Waals surface area contributed by atoms with E-state index in [1.54, 1.807) is 29.2 Å². The molecule has 1 saturated heterocycles. The summed E-state index contributed by atoms with van der Waals surface area (Å²) in [5.74, 6) is 0.221. The third kappa shape index (κ3) is 4.77. The highest BCUT2D eigenvalue weighted by Crippen LogP contribution is 2.34. The molecule has 1 N–H and O–H groups in total. The zero-order chi connectivity index (χ0) is 21.1. The van der Waals surface area contributed by atoms with Crippen molar-refractivity contribution in [2.24, 2.45) is 0 Å². The third-order valence-corrected chi connectivity index (χ3v) is 5.91. The molecule has 30 heavy (non-hydrogen) atoms. The number of rotatable bonds is 6. The Morgan fingerprint density at radius 3 is 2.83 bits per heavy atom. The summed E-state index contributed by atoms with van der Waals surface area (Å²) in [6.07, 6.45) is 0.371. The number of carbonyl (C=O) groups excluding carboxylic acids is 2. The molecule has 2 amide bonds. The summed E-state index contributed by atoms with van der Waals surface area (Å²) in [6.45, 7) is 2.39. The second-order valence-electron chi connectivity index (χ2n) is 6.98. The van der Waals surface area contributed by atoms with Crippen LogP contribution in [0.5, 0.6) is 5.75 Å². The van der Waals surface area contributed by atoms with Gasteiger partial charge in [0.05, 0.1) is 0 Å². The van der Waals surface area contributed by atoms with Crippen LogP contribution >= 0.6 is 22.9 Å². The van der Waals surface area contributed by atoms with Crippen LogP contribution in [0, 0.1) is 6.92 Å². The molecule has 2 aromatic carbocycles. The van der Waals surface area contributed by atoms with E-state index in [0.717, 1.165) is 16.3 Å². The highest BCUT2D eigenvalue weighted by Gasteiger charge is 2.34. The Morgan fingerprint density at radius 1 is 1.27 bits per heavy atom. The van der Waals surface area contributed by atoms with Gasteiger partial charge in [0.1, 0.15) is 10.8 Å². The van der Waals surface area contributed by atoms with Crippen molar-refractivity contribution in [3.8, 4) is 5.75 Å². The molecular weight excluding hydrogens is 424 g/mol. The van der Waals surface area contributed by atoms with Crippen LogP contribution in [0.3, 0.4) is 0 Å². The fourth-order valence-corrected chi connectivity index (χ4v) is 4.18. The number of aryl methyl sites for hydroxylation is 1. The molecule has 1 aliphatic rings. The average molecular weight is 443 g/mol. The Hall–Kier alpha value is -2.97. The summed E-state index contributed by atoms with van der Waals surface area (Å²) >= 11 is 7.10. The molecule has 4 rings (SSSR count). The van der Waals surface area contributed by atoms with E-state index in [1.807, 2.05) is 31.2 Å². The van der Waals surface area contributed by atoms with E-state index in [1.165, 1.54) is 11.3 Å². The van der Waals surface area contributed by atoms with Gasteiger partial charge in [-0.1, -0.05) is 35.1 Å². The standard InChI is InChI=1S/C21H19ClN4O3S/c1-13-3-2-4-16(9-13)26-11-14(10-19(26)28)20-24-25-21(30-20)23-18(27)12-29-17-7-5-15(22)6-8-17/h2-9,14H,10-12H2,1H3,(H,23,25,27). The third-order valence-electron chi connectivity index (χ3n) is 4.66. The number of benzene rings is 2. The predicted octanol–water partition coefficient (Wildman–Crippen LogP) is 4.04. The van der Waals surface area contributed by atoms with Crippen LogP contribution in [-0.2, 0) is 9.59 Å². The van der Waals surface area contributed by atoms with Gasteiger partial charge in [0.15, 0.2) is 6.61 Å². The van der Waals surface area contributed by atoms with Gasteiger partial charge in [-0.3, -0.25) is 14.9 Å². The molecule has 1 aromatic heterocycles. The van der Waals surface area contributed by atoms with Crippen molar-refractivity contribution in [1.29, 1.82) is 0 Å². The lowest BCUT2D eigenvalue weighted by Crippen LogP contribution is -2.24. The summed E-state index contributed by atoms with van der Waals surface area (Å²) in [5, 5.41) is 12.6. The Morgan fingerprint density at radius 2 is 2.07 bits per heavy atom. The zero-order valence-corrected chi connectivity index (χ0v) is 17.7. The van der Waals surface area contributed by atoms with Crippen LogP contribution in [0.4, 0.5) is 10.8 Å². The van der Waals surface area contributed by atoms with Crippen molar-refractivity contribution in [2.75, 3.05) is 23.4 Å². The second-order valence-corrected chi connectivity index (χ2v) is 8.43. The molecule has 1 unspecified atom stereocenters. The van der Waals surface area contributed by atoms with Gasteiger partial charge < -0.3 is 9.64 Å². The molecule has 1 atom stereocenters. The number of anilines is 2. The number of carbonyl (C=O) groups is 2. The zero-order valence-electron chi connectivity index (χ0n) is 16.2. The molecule has 0 radical (unpaired) electrons. The number of aromatic nitrogens is 2. The van der Waals surface area contributed by atoms with Crippen LogP contribution in [0.15, 0.2) is 48.5 Å². The Labute approximate surface area is 182 Å². The molecule has 9 heteroatoms. The van der Waals surface area contributed by atoms with Crippen molar-refractivity contribution in [1.82, 2.24) is 10.2 Å². The van der Waals surface area contributed by atoms with Gasteiger partial charge >= 0.3 is 0 Å². The van der Waals surface area contributed by atoms with Crippen LogP contribution < -0.4 is 15.0 Å². The number of amides is 2. The summed E-state index contributed by atoms with van der Waals surface area (Å²) in [6, 6.07) is 14.6. The van der Waals surface area contributed by atoms with Crippen molar-refractivity contribution in [3.05, 3.63) is 64.1 Å². The highest BCUT2D eigenvalue weighted by molar-refractivity contribution is 7.15. The van der Waals surface area contributed by atoms with Gasteiger partial charge in [-0.05, 0) is 48.9 Å². The molecular formula is C21H19ClN4O3S. The molecule has 0 bridgehead atoms. The molecule has 3 aromatic rings. The summed E-state index contributed by atoms with van der Waals surface area (Å²) in [5.41, 5.74) is 1.99. The van der Waals surface area contributed by atoms with Crippen LogP contribution in [0.25, 0.3) is 0 Å². The normalized spacial score (nSPS) is 16.0. The fraction of sp³-hybridized carbons (Fsp3) is 0.238. The number of nitrogens with zero attached hydrogens (tertiary/aromatic N) is 3. The van der Waals surface area contributed by atoms with E-state index < -0.39 is 0 Å². The van der Waals surface area contributed by atoms with Gasteiger partial charge in [0, 0.05) is 29.6 Å². The minimum atomic E-state index is -0.337. The first kappa shape index (κ1) is 20.3. The van der Waals surface area contributed by atoms with Crippen LogP contribution in [0.2, 0.25) is 5.02 Å². The Balaban J connectivity index is 1.34. The van der Waals surface area contributed by atoms with E-state index in [-0.39, 0.29) is 24.3 Å². The van der Waals surface area contributed by atoms with Crippen LogP contribution in [-0.4, -0.2) is 35.2 Å². The van der Waals surface area contributed by atoms with Gasteiger partial charge in [-0.25, -0.2) is 0 Å². The van der Waals surface area contributed by atoms with Crippen molar-refractivity contribution in [3.63, 3.8) is 0 Å². The predicted molar refractivity (Wildman–Crippen MR) is 116 cm³/mol. The Kier molecular flexibility index (Phi) is 5.96. The van der Waals surface area contributed by atoms with Crippen molar-refractivity contribution < 1.29 is 14.3 Å². The lowest BCUT2D eigenvalue weighted by Gasteiger charge is -2.16. The number of nitrogens with one attached hydrogen (secondary N) is 1. The minimum absolute atomic E-state index is 0.0496. The topological polar surface area (TPSA) is 84.4 Å². The number of ether oxygens (including phenoxy) is 1. The first-order valence-electron chi connectivity index (χ1n) is 9.36. The first-order valence-corrected chi connectivity index (χ1v) is 10.6. The number of halogens is 1. The van der Waals surface area contributed by atoms with Gasteiger partial charge in [0.25, 0.3) is 5.91 Å². The van der Waals surface area contributed by atoms with E-state index in [0.29, 0.717) is 28.9 Å². The van der Waals surface area contributed by atoms with E-state index in [4.69, 9.17) is 16.3 Å². The van der Waals surface area contributed by atoms with Crippen molar-refractivity contribution >= 4 is 45.6 Å². The van der Waals surface area contributed by atoms with Gasteiger partial charge in [-0.15, -0.1) is 10.2 Å². The van der Waals surface area contributed by atoms with Crippen LogP contribution in [0.1, 0.15) is 22.9 Å². The lowest BCUT2D eigenvalue weighted by atomic mass is 10.1. The highest BCUT2D eigenvalue weighted by atomic mass is 35.5. The molecule has 7 nitrogen and oxygen atoms in total. The SMILES string of the molecule is Cc1cccc(N2CC(c3nnc(NC(=O)COc4ccc(Cl)cc4)s3)CC2=O)c1. The largest absolute Gasteiger partial charge is 0.484 e. The van der Waals surface area contributed by atoms with E-state index in [2.05, 4.69) is 15.5 Å². The monoisotopic (exact) mass is 442 g/mol. The number of hydrogen-bond acceptors (Lipinski definition) is 6. The smallest absolute Gasteiger partial charge is 0.264 e. The van der Waals surface area contributed by atoms with E-state index >= 15 is 0 Å². The molecule has 2 heterocycles. The summed E-state index contributed by atoms with van der Waals surface area (Å²) in [4.78, 5) is 26.4. The fourth-order valence-electron chi connectivity index (χ4n) is 3.20. The maximum Gasteiger partial charge on any atom is 0.264 e. The summed E-state index contributed by atoms with van der Waals surface area (Å²) in [7, 11) is 0. The maximum absolute atomic E-state index is 12.5. The first-order chi connectivity index (χ1) is 14.5. The quantitative estimate of drug-likeness (QED) is 0.622. The summed E-state index contributed by atoms with van der Waals surface area (Å²) < 4.78 is 5.42. The molecule has 1 fully saturated rings. The maximum atomic E-state index is 12.5. The molecule has 0 aliphatic carbocycles. The molecule has 154 valence electrons. The molecule has 1 aliphatic heterocycles. The minimum Gasteiger partial charge on any atom is -0.484 e. The Bertz CT molecular complexity index is 1070. The van der Waals surface area contributed by atoms with E-state index in [9.17, 15) is 9.59 Å². The molecule has 0 spiro atoms. The number of hydrogen-bond donors (Lipinski definition) is 1. The van der Waals surface area contributed by atoms with Crippen molar-refractivity contribution in [2.45, 2.75) is 19.3 Å². The average Bonchev–Trinajstić information content (AvgIpc) is 3.34. The second kappa shape index (κ2) is 8.81. The lowest BCUT2D eigenvalue weighted by molar-refractivity contribution is -0.118. The molecule has 0 saturated carbocycles.